The summed E-state index contributed by atoms with van der Waals surface area (Å²) in [5.74, 6) is -0.864. The molecule has 0 aromatic rings. The summed E-state index contributed by atoms with van der Waals surface area (Å²) in [6, 6.07) is 0. The second-order valence-corrected chi connectivity index (χ2v) is 11.4. The number of aliphatic hydroxyl groups excluding tert-OH is 2. The minimum atomic E-state index is -1.34. The molecule has 0 aromatic heterocycles. The van der Waals surface area contributed by atoms with Crippen LogP contribution in [-0.4, -0.2) is 31.6 Å². The average molecular weight is 419 g/mol. The second kappa shape index (κ2) is 7.87. The zero-order valence-corrected chi connectivity index (χ0v) is 20.2. The van der Waals surface area contributed by atoms with Crippen LogP contribution in [-0.2, 0) is 0 Å². The molecule has 0 amide bonds. The highest BCUT2D eigenvalue weighted by Gasteiger charge is 2.54. The van der Waals surface area contributed by atoms with E-state index in [9.17, 15) is 20.4 Å². The molecule has 4 heteroatoms. The Kier molecular flexibility index (Phi) is 6.49. The topological polar surface area (TPSA) is 80.9 Å². The van der Waals surface area contributed by atoms with Crippen molar-refractivity contribution < 1.29 is 20.4 Å². The summed E-state index contributed by atoms with van der Waals surface area (Å²) in [4.78, 5) is 0. The van der Waals surface area contributed by atoms with Gasteiger partial charge < -0.3 is 20.4 Å². The van der Waals surface area contributed by atoms with Crippen molar-refractivity contribution in [2.45, 2.75) is 86.4 Å². The Morgan fingerprint density at radius 3 is 1.40 bits per heavy atom. The first kappa shape index (κ1) is 24.7. The van der Waals surface area contributed by atoms with E-state index in [1.165, 1.54) is 0 Å². The molecule has 4 nitrogen and oxygen atoms in total. The predicted molar refractivity (Wildman–Crippen MR) is 123 cm³/mol. The van der Waals surface area contributed by atoms with E-state index in [0.717, 1.165) is 6.42 Å². The highest BCUT2D eigenvalue weighted by molar-refractivity contribution is 5.43. The van der Waals surface area contributed by atoms with Crippen molar-refractivity contribution in [2.24, 2.45) is 28.6 Å². The van der Waals surface area contributed by atoms with Crippen molar-refractivity contribution in [3.05, 3.63) is 47.0 Å². The van der Waals surface area contributed by atoms with Crippen molar-refractivity contribution in [1.29, 1.82) is 0 Å². The summed E-state index contributed by atoms with van der Waals surface area (Å²) < 4.78 is 0. The molecular weight excluding hydrogens is 376 g/mol. The lowest BCUT2D eigenvalue weighted by atomic mass is 9.59. The number of hydrogen-bond acceptors (Lipinski definition) is 4. The van der Waals surface area contributed by atoms with Gasteiger partial charge in [-0.3, -0.25) is 0 Å². The van der Waals surface area contributed by atoms with E-state index in [1.807, 2.05) is 62.3 Å². The zero-order valence-electron chi connectivity index (χ0n) is 20.2. The summed E-state index contributed by atoms with van der Waals surface area (Å²) in [6.07, 6.45) is 8.37. The van der Waals surface area contributed by atoms with Gasteiger partial charge in [-0.2, -0.15) is 0 Å². The Balaban J connectivity index is 2.71. The van der Waals surface area contributed by atoms with Gasteiger partial charge >= 0.3 is 0 Å². The van der Waals surface area contributed by atoms with Crippen LogP contribution in [0.2, 0.25) is 0 Å². The minimum absolute atomic E-state index is 0.196. The number of allylic oxidation sites excluding steroid dienone is 2. The summed E-state index contributed by atoms with van der Waals surface area (Å²) in [5.41, 5.74) is -2.00. The summed E-state index contributed by atoms with van der Waals surface area (Å²) in [5, 5.41) is 45.3. The first-order valence-electron chi connectivity index (χ1n) is 11.2. The summed E-state index contributed by atoms with van der Waals surface area (Å²) >= 11 is 0. The quantitative estimate of drug-likeness (QED) is 0.452. The van der Waals surface area contributed by atoms with Crippen molar-refractivity contribution in [1.82, 2.24) is 0 Å². The first-order chi connectivity index (χ1) is 13.5. The van der Waals surface area contributed by atoms with Crippen molar-refractivity contribution in [2.75, 3.05) is 0 Å². The van der Waals surface area contributed by atoms with Crippen molar-refractivity contribution >= 4 is 0 Å². The van der Waals surface area contributed by atoms with E-state index in [4.69, 9.17) is 0 Å². The highest BCUT2D eigenvalue weighted by Crippen LogP contribution is 2.51. The maximum Gasteiger partial charge on any atom is 0.115 e. The van der Waals surface area contributed by atoms with Crippen LogP contribution in [0.15, 0.2) is 47.0 Å². The molecular formula is C26H42O4. The molecule has 0 spiro atoms. The van der Waals surface area contributed by atoms with Gasteiger partial charge in [-0.25, -0.2) is 0 Å². The SMILES string of the molecule is CCCC(C1(O)C=C(C(C)(C)C)C(O)=CC1C)C1(O)C=C(C(C)(C)C)C(O)=CC1C. The maximum atomic E-state index is 12.1. The lowest BCUT2D eigenvalue weighted by Gasteiger charge is -2.51. The molecule has 2 aliphatic rings. The fourth-order valence-corrected chi connectivity index (χ4v) is 4.95. The molecule has 4 unspecified atom stereocenters. The van der Waals surface area contributed by atoms with Crippen molar-refractivity contribution in [3.63, 3.8) is 0 Å². The van der Waals surface area contributed by atoms with Gasteiger partial charge in [0.25, 0.3) is 0 Å². The molecule has 0 saturated heterocycles. The first-order valence-corrected chi connectivity index (χ1v) is 11.2. The largest absolute Gasteiger partial charge is 0.508 e. The molecule has 0 heterocycles. The van der Waals surface area contributed by atoms with Crippen molar-refractivity contribution in [3.8, 4) is 0 Å². The van der Waals surface area contributed by atoms with E-state index in [1.54, 1.807) is 24.3 Å². The molecule has 0 aromatic carbocycles. The Morgan fingerprint density at radius 2 is 1.13 bits per heavy atom. The van der Waals surface area contributed by atoms with Gasteiger partial charge in [0.15, 0.2) is 0 Å². The van der Waals surface area contributed by atoms with Gasteiger partial charge in [-0.1, -0.05) is 68.7 Å². The molecule has 4 atom stereocenters. The number of rotatable bonds is 4. The van der Waals surface area contributed by atoms with Crippen LogP contribution in [0.3, 0.4) is 0 Å². The zero-order chi connectivity index (χ0) is 23.3. The van der Waals surface area contributed by atoms with Crippen LogP contribution in [0.1, 0.15) is 75.2 Å². The van der Waals surface area contributed by atoms with Gasteiger partial charge in [0, 0.05) is 17.8 Å². The third-order valence-corrected chi connectivity index (χ3v) is 6.89. The van der Waals surface area contributed by atoms with Crippen LogP contribution in [0, 0.1) is 28.6 Å². The van der Waals surface area contributed by atoms with Crippen LogP contribution >= 0.6 is 0 Å². The smallest absolute Gasteiger partial charge is 0.115 e. The fraction of sp³-hybridized carbons (Fsp3) is 0.692. The maximum absolute atomic E-state index is 12.1. The molecule has 0 aliphatic heterocycles. The van der Waals surface area contributed by atoms with Gasteiger partial charge in [0.1, 0.15) is 11.5 Å². The standard InChI is InChI=1S/C26H42O4/c1-10-11-22(25(29)14-18(23(4,5)6)20(27)12-16(25)2)26(30)15-19(24(7,8)9)21(28)13-17(26)3/h12-17,22,27-30H,10-11H2,1-9H3. The van der Waals surface area contributed by atoms with Crippen LogP contribution in [0.4, 0.5) is 0 Å². The monoisotopic (exact) mass is 418 g/mol. The van der Waals surface area contributed by atoms with E-state index >= 15 is 0 Å². The van der Waals surface area contributed by atoms with E-state index < -0.39 is 17.1 Å². The minimum Gasteiger partial charge on any atom is -0.508 e. The highest BCUT2D eigenvalue weighted by atomic mass is 16.3. The molecule has 4 N–H and O–H groups in total. The normalized spacial score (nSPS) is 34.0. The molecule has 0 radical (unpaired) electrons. The van der Waals surface area contributed by atoms with Gasteiger partial charge in [0.2, 0.25) is 0 Å². The second-order valence-electron chi connectivity index (χ2n) is 11.4. The summed E-state index contributed by atoms with van der Waals surface area (Å²) in [6.45, 7) is 17.8. The Hall–Kier alpha value is -1.52. The Labute approximate surface area is 182 Å². The predicted octanol–water partition coefficient (Wildman–Crippen LogP) is 5.99. The van der Waals surface area contributed by atoms with E-state index in [2.05, 4.69) is 0 Å². The molecule has 2 rings (SSSR count). The molecule has 0 fully saturated rings. The molecule has 30 heavy (non-hydrogen) atoms. The fourth-order valence-electron chi connectivity index (χ4n) is 4.95. The van der Waals surface area contributed by atoms with Crippen LogP contribution in [0.25, 0.3) is 0 Å². The lowest BCUT2D eigenvalue weighted by molar-refractivity contribution is -0.117. The van der Waals surface area contributed by atoms with Gasteiger partial charge in [0.05, 0.1) is 11.2 Å². The van der Waals surface area contributed by atoms with Gasteiger partial charge in [-0.15, -0.1) is 0 Å². The van der Waals surface area contributed by atoms with Crippen LogP contribution in [0.5, 0.6) is 0 Å². The Bertz CT molecular complexity index is 723. The van der Waals surface area contributed by atoms with E-state index in [0.29, 0.717) is 17.6 Å². The number of hydrogen-bond donors (Lipinski definition) is 4. The average Bonchev–Trinajstić information content (AvgIpc) is 2.57. The number of aliphatic hydroxyl groups is 4. The van der Waals surface area contributed by atoms with Crippen LogP contribution < -0.4 is 0 Å². The summed E-state index contributed by atoms with van der Waals surface area (Å²) in [7, 11) is 0. The Morgan fingerprint density at radius 1 is 0.800 bits per heavy atom. The molecule has 0 saturated carbocycles. The lowest BCUT2D eigenvalue weighted by Crippen LogP contribution is -2.57. The van der Waals surface area contributed by atoms with Gasteiger partial charge in [-0.05, 0) is 52.7 Å². The third kappa shape index (κ3) is 4.27. The molecule has 170 valence electrons. The van der Waals surface area contributed by atoms with E-state index in [-0.39, 0.29) is 34.2 Å². The molecule has 0 bridgehead atoms. The molecule has 2 aliphatic carbocycles. The third-order valence-electron chi connectivity index (χ3n) is 6.89.